The number of ether oxygens (including phenoxy) is 3. The van der Waals surface area contributed by atoms with Gasteiger partial charge in [-0.25, -0.2) is 4.79 Å². The molecule has 0 aliphatic rings. The van der Waals surface area contributed by atoms with Crippen LogP contribution in [-0.2, 0) is 31.5 Å². The fraction of sp³-hybridized carbons (Fsp3) is 0.357. The van der Waals surface area contributed by atoms with Crippen LogP contribution in [0.4, 0.5) is 0 Å². The maximum atomic E-state index is 12.2. The Hall–Kier alpha value is -4.15. The average Bonchev–Trinajstić information content (AvgIpc) is 3.03. The summed E-state index contributed by atoms with van der Waals surface area (Å²) in [6.07, 6.45) is 4.03. The highest BCUT2D eigenvalue weighted by Gasteiger charge is 2.20. The van der Waals surface area contributed by atoms with Crippen molar-refractivity contribution in [3.63, 3.8) is 0 Å². The number of hydrogen-bond donors (Lipinski definition) is 0. The van der Waals surface area contributed by atoms with Crippen LogP contribution in [0, 0.1) is 0 Å². The molecular weight excluding hydrogens is 568 g/mol. The van der Waals surface area contributed by atoms with Crippen LogP contribution in [0.25, 0.3) is 28.3 Å². The Morgan fingerprint density at radius 1 is 0.674 bits per heavy atom. The van der Waals surface area contributed by atoms with E-state index >= 15 is 0 Å². The lowest BCUT2D eigenvalue weighted by molar-refractivity contribution is -0.156. The molecule has 1 atom stereocenters. The summed E-state index contributed by atoms with van der Waals surface area (Å²) in [5, 5.41) is 0. The van der Waals surface area contributed by atoms with E-state index < -0.39 is 6.10 Å². The second-order valence-electron chi connectivity index (χ2n) is 13.8. The van der Waals surface area contributed by atoms with Crippen LogP contribution in [0.15, 0.2) is 97.1 Å². The number of benzene rings is 4. The molecule has 0 amide bonds. The molecule has 4 heteroatoms. The van der Waals surface area contributed by atoms with Crippen molar-refractivity contribution < 1.29 is 19.0 Å². The Morgan fingerprint density at radius 3 is 1.65 bits per heavy atom. The van der Waals surface area contributed by atoms with E-state index in [1.54, 1.807) is 6.92 Å². The minimum Gasteiger partial charge on any atom is -0.490 e. The molecule has 4 aromatic carbocycles. The smallest absolute Gasteiger partial charge is 0.335 e. The van der Waals surface area contributed by atoms with Gasteiger partial charge in [-0.3, -0.25) is 0 Å². The average molecular weight is 619 g/mol. The molecule has 0 aliphatic carbocycles. The van der Waals surface area contributed by atoms with Gasteiger partial charge in [0.1, 0.15) is 12.4 Å². The highest BCUT2D eigenvalue weighted by molar-refractivity contribution is 5.77. The van der Waals surface area contributed by atoms with E-state index in [1.807, 2.05) is 37.3 Å². The SMILES string of the molecule is CCOC(=O)[C@H](Cc1ccc(OCC=Cc2cc(-c3ccc(C(C)(C)C)cc3)cc(-c3ccc(C(C)(C)C)cc3)c2)cc1)OCC. The maximum Gasteiger partial charge on any atom is 0.335 e. The van der Waals surface area contributed by atoms with Crippen LogP contribution in [0.3, 0.4) is 0 Å². The monoisotopic (exact) mass is 618 g/mol. The first-order valence-electron chi connectivity index (χ1n) is 16.4. The predicted octanol–water partition coefficient (Wildman–Crippen LogP) is 10.2. The number of carbonyl (C=O) groups excluding carboxylic acids is 1. The molecule has 0 saturated heterocycles. The second-order valence-corrected chi connectivity index (χ2v) is 13.8. The summed E-state index contributed by atoms with van der Waals surface area (Å²) in [5.41, 5.74) is 9.73. The molecule has 4 aromatic rings. The van der Waals surface area contributed by atoms with Crippen molar-refractivity contribution in [1.29, 1.82) is 0 Å². The summed E-state index contributed by atoms with van der Waals surface area (Å²) >= 11 is 0. The van der Waals surface area contributed by atoms with Crippen LogP contribution >= 0.6 is 0 Å². The highest BCUT2D eigenvalue weighted by atomic mass is 16.6. The lowest BCUT2D eigenvalue weighted by Gasteiger charge is -2.20. The van der Waals surface area contributed by atoms with Gasteiger partial charge in [-0.15, -0.1) is 0 Å². The van der Waals surface area contributed by atoms with Gasteiger partial charge >= 0.3 is 5.97 Å². The van der Waals surface area contributed by atoms with E-state index in [0.29, 0.717) is 26.2 Å². The molecule has 0 aromatic heterocycles. The lowest BCUT2D eigenvalue weighted by atomic mass is 9.85. The van der Waals surface area contributed by atoms with Crippen molar-refractivity contribution in [3.05, 3.63) is 119 Å². The maximum absolute atomic E-state index is 12.2. The molecular formula is C42H50O4. The van der Waals surface area contributed by atoms with Crippen molar-refractivity contribution >= 4 is 12.0 Å². The Balaban J connectivity index is 1.51. The standard InChI is InChI=1S/C42H50O4/c1-9-44-39(40(43)45-10-2)28-30-13-23-38(24-14-30)46-25-11-12-31-26-34(32-15-19-36(20-16-32)41(3,4)5)29-35(27-31)33-17-21-37(22-18-33)42(6,7)8/h11-24,26-27,29,39H,9-10,25,28H2,1-8H3/t39-/m0/s1. The van der Waals surface area contributed by atoms with Gasteiger partial charge < -0.3 is 14.2 Å². The van der Waals surface area contributed by atoms with Crippen molar-refractivity contribution in [2.24, 2.45) is 0 Å². The van der Waals surface area contributed by atoms with E-state index in [2.05, 4.69) is 114 Å². The van der Waals surface area contributed by atoms with Crippen LogP contribution < -0.4 is 4.74 Å². The molecule has 0 spiro atoms. The van der Waals surface area contributed by atoms with Crippen molar-refractivity contribution in [2.45, 2.75) is 78.7 Å². The Kier molecular flexibility index (Phi) is 11.6. The Bertz CT molecular complexity index is 1510. The number of hydrogen-bond acceptors (Lipinski definition) is 4. The first-order chi connectivity index (χ1) is 21.9. The zero-order chi connectivity index (χ0) is 33.3. The number of rotatable bonds is 12. The van der Waals surface area contributed by atoms with Gasteiger partial charge in [0, 0.05) is 13.0 Å². The van der Waals surface area contributed by atoms with E-state index in [9.17, 15) is 4.79 Å². The first-order valence-corrected chi connectivity index (χ1v) is 16.4. The zero-order valence-electron chi connectivity index (χ0n) is 28.9. The summed E-state index contributed by atoms with van der Waals surface area (Å²) in [5.74, 6) is 0.440. The van der Waals surface area contributed by atoms with Crippen molar-refractivity contribution in [2.75, 3.05) is 19.8 Å². The van der Waals surface area contributed by atoms with E-state index in [1.165, 1.54) is 33.4 Å². The Morgan fingerprint density at radius 2 is 1.20 bits per heavy atom. The molecule has 0 aliphatic heterocycles. The van der Waals surface area contributed by atoms with Crippen LogP contribution in [0.2, 0.25) is 0 Å². The third-order valence-electron chi connectivity index (χ3n) is 8.04. The van der Waals surface area contributed by atoms with E-state index in [4.69, 9.17) is 14.2 Å². The van der Waals surface area contributed by atoms with Crippen molar-refractivity contribution in [3.8, 4) is 28.0 Å². The summed E-state index contributed by atoms with van der Waals surface area (Å²) in [7, 11) is 0. The molecule has 4 nitrogen and oxygen atoms in total. The summed E-state index contributed by atoms with van der Waals surface area (Å²) < 4.78 is 16.8. The molecule has 0 N–H and O–H groups in total. The number of esters is 1. The van der Waals surface area contributed by atoms with Gasteiger partial charge in [0.15, 0.2) is 6.10 Å². The lowest BCUT2D eigenvalue weighted by Crippen LogP contribution is -2.28. The van der Waals surface area contributed by atoms with Gasteiger partial charge in [0.2, 0.25) is 0 Å². The summed E-state index contributed by atoms with van der Waals surface area (Å²) in [6.45, 7) is 18.4. The molecule has 0 heterocycles. The molecule has 0 unspecified atom stereocenters. The number of carbonyl (C=O) groups is 1. The quantitative estimate of drug-likeness (QED) is 0.148. The minimum absolute atomic E-state index is 0.109. The molecule has 0 fully saturated rings. The normalized spacial score (nSPS) is 12.7. The van der Waals surface area contributed by atoms with Crippen molar-refractivity contribution in [1.82, 2.24) is 0 Å². The second kappa shape index (κ2) is 15.4. The third-order valence-corrected chi connectivity index (χ3v) is 8.04. The largest absolute Gasteiger partial charge is 0.490 e. The fourth-order valence-electron chi connectivity index (χ4n) is 5.32. The highest BCUT2D eigenvalue weighted by Crippen LogP contribution is 2.32. The van der Waals surface area contributed by atoms with Gasteiger partial charge in [0.05, 0.1) is 6.61 Å². The van der Waals surface area contributed by atoms with Gasteiger partial charge in [-0.1, -0.05) is 108 Å². The van der Waals surface area contributed by atoms with E-state index in [0.717, 1.165) is 16.9 Å². The Labute approximate surface area is 276 Å². The molecule has 46 heavy (non-hydrogen) atoms. The summed E-state index contributed by atoms with van der Waals surface area (Å²) in [4.78, 5) is 12.2. The molecule has 0 bridgehead atoms. The van der Waals surface area contributed by atoms with Gasteiger partial charge in [-0.2, -0.15) is 0 Å². The van der Waals surface area contributed by atoms with Gasteiger partial charge in [0.25, 0.3) is 0 Å². The minimum atomic E-state index is -0.604. The molecule has 0 radical (unpaired) electrons. The zero-order valence-corrected chi connectivity index (χ0v) is 28.9. The van der Waals surface area contributed by atoms with Crippen LogP contribution in [-0.4, -0.2) is 31.9 Å². The molecule has 4 rings (SSSR count). The summed E-state index contributed by atoms with van der Waals surface area (Å²) in [6, 6.07) is 32.4. The predicted molar refractivity (Wildman–Crippen MR) is 191 cm³/mol. The van der Waals surface area contributed by atoms with Gasteiger partial charge in [-0.05, 0) is 106 Å². The van der Waals surface area contributed by atoms with Crippen LogP contribution in [0.5, 0.6) is 5.75 Å². The topological polar surface area (TPSA) is 44.8 Å². The molecule has 242 valence electrons. The molecule has 0 saturated carbocycles. The first kappa shape index (κ1) is 34.7. The fourth-order valence-corrected chi connectivity index (χ4v) is 5.32. The van der Waals surface area contributed by atoms with Crippen LogP contribution in [0.1, 0.15) is 77.6 Å². The third kappa shape index (κ3) is 9.67. The van der Waals surface area contributed by atoms with E-state index in [-0.39, 0.29) is 16.8 Å².